The molecule has 1 aliphatic heterocycles. The zero-order chi connectivity index (χ0) is 9.19. The smallest absolute Gasteiger partial charge is 0.281 e. The maximum Gasteiger partial charge on any atom is 0.281 e. The molecule has 0 aliphatic carbocycles. The van der Waals surface area contributed by atoms with E-state index in [1.54, 1.807) is 14.2 Å². The van der Waals surface area contributed by atoms with Crippen LogP contribution in [0.5, 0.6) is 0 Å². The van der Waals surface area contributed by atoms with Crippen molar-refractivity contribution >= 4 is 10.2 Å². The molecule has 1 aliphatic rings. The Hall–Kier alpha value is -0.170. The lowest BCUT2D eigenvalue weighted by atomic mass is 10.6. The lowest BCUT2D eigenvalue weighted by molar-refractivity contribution is 0.182. The minimum absolute atomic E-state index is 0.448. The molecule has 0 N–H and O–H groups in total. The Kier molecular flexibility index (Phi) is 3.05. The minimum atomic E-state index is -3.15. The van der Waals surface area contributed by atoms with Crippen molar-refractivity contribution in [3.8, 4) is 0 Å². The predicted octanol–water partition coefficient (Wildman–Crippen LogP) is -0.875. The molecular weight excluding hydrogens is 180 g/mol. The van der Waals surface area contributed by atoms with Crippen LogP contribution in [0.25, 0.3) is 0 Å². The van der Waals surface area contributed by atoms with Crippen LogP contribution < -0.4 is 0 Å². The van der Waals surface area contributed by atoms with Crippen LogP contribution in [0.15, 0.2) is 0 Å². The number of likely N-dealkylation sites (N-methyl/N-ethyl adjacent to an activating group) is 1. The summed E-state index contributed by atoms with van der Waals surface area (Å²) in [4.78, 5) is 0. The van der Waals surface area contributed by atoms with E-state index in [0.29, 0.717) is 26.2 Å². The van der Waals surface area contributed by atoms with E-state index in [0.717, 1.165) is 0 Å². The van der Waals surface area contributed by atoms with E-state index >= 15 is 0 Å². The van der Waals surface area contributed by atoms with Gasteiger partial charge in [-0.15, -0.1) is 0 Å². The second-order valence-electron chi connectivity index (χ2n) is 2.72. The average Bonchev–Trinajstić information content (AvgIpc) is 2.25. The number of hydrogen-bond donors (Lipinski definition) is 0. The lowest BCUT2D eigenvalue weighted by Crippen LogP contribution is -2.33. The van der Waals surface area contributed by atoms with Gasteiger partial charge in [0.25, 0.3) is 10.2 Å². The third-order valence-corrected chi connectivity index (χ3v) is 3.92. The lowest BCUT2D eigenvalue weighted by Gasteiger charge is -2.14. The second kappa shape index (κ2) is 3.69. The number of ether oxygens (including phenoxy) is 1. The topological polar surface area (TPSA) is 49.9 Å². The molecule has 0 bridgehead atoms. The molecule has 1 saturated heterocycles. The molecule has 0 unspecified atom stereocenters. The minimum Gasteiger partial charge on any atom is -0.383 e. The highest BCUT2D eigenvalue weighted by Gasteiger charge is 2.32. The standard InChI is InChI=1S/C6H14N2O3S/c1-7-3-4-8(5-6-11-2)12(7,9)10/h3-6H2,1-2H3. The summed E-state index contributed by atoms with van der Waals surface area (Å²) in [7, 11) is -0.00400. The fourth-order valence-corrected chi connectivity index (χ4v) is 2.42. The van der Waals surface area contributed by atoms with Gasteiger partial charge in [-0.2, -0.15) is 17.0 Å². The van der Waals surface area contributed by atoms with Crippen molar-refractivity contribution < 1.29 is 13.2 Å². The third-order valence-electron chi connectivity index (χ3n) is 1.93. The zero-order valence-corrected chi connectivity index (χ0v) is 8.17. The molecule has 0 radical (unpaired) electrons. The maximum atomic E-state index is 11.4. The van der Waals surface area contributed by atoms with E-state index in [4.69, 9.17) is 4.74 Å². The number of rotatable bonds is 3. The highest BCUT2D eigenvalue weighted by atomic mass is 32.2. The van der Waals surface area contributed by atoms with Gasteiger partial charge in [-0.1, -0.05) is 0 Å². The van der Waals surface area contributed by atoms with Crippen molar-refractivity contribution in [2.75, 3.05) is 40.4 Å². The van der Waals surface area contributed by atoms with Crippen LogP contribution in [0.1, 0.15) is 0 Å². The Morgan fingerprint density at radius 2 is 2.08 bits per heavy atom. The Morgan fingerprint density at radius 1 is 1.42 bits per heavy atom. The normalized spacial score (nSPS) is 24.8. The van der Waals surface area contributed by atoms with Gasteiger partial charge in [0.2, 0.25) is 0 Å². The molecule has 1 fully saturated rings. The van der Waals surface area contributed by atoms with E-state index in [2.05, 4.69) is 0 Å². The van der Waals surface area contributed by atoms with Crippen molar-refractivity contribution in [2.24, 2.45) is 0 Å². The highest BCUT2D eigenvalue weighted by Crippen LogP contribution is 2.12. The molecule has 1 heterocycles. The van der Waals surface area contributed by atoms with Gasteiger partial charge in [0.15, 0.2) is 0 Å². The van der Waals surface area contributed by atoms with Crippen LogP contribution in [0.3, 0.4) is 0 Å². The summed E-state index contributed by atoms with van der Waals surface area (Å²) in [6.45, 7) is 2.05. The molecule has 0 aromatic rings. The van der Waals surface area contributed by atoms with Crippen LogP contribution in [-0.4, -0.2) is 57.4 Å². The first-order chi connectivity index (χ1) is 5.59. The van der Waals surface area contributed by atoms with Crippen LogP contribution in [0.2, 0.25) is 0 Å². The molecule has 5 nitrogen and oxygen atoms in total. The molecule has 1 rings (SSSR count). The fraction of sp³-hybridized carbons (Fsp3) is 1.00. The zero-order valence-electron chi connectivity index (χ0n) is 7.36. The summed E-state index contributed by atoms with van der Waals surface area (Å²) < 4.78 is 30.4. The maximum absolute atomic E-state index is 11.4. The largest absolute Gasteiger partial charge is 0.383 e. The van der Waals surface area contributed by atoms with Crippen molar-refractivity contribution in [3.05, 3.63) is 0 Å². The number of hydrogen-bond acceptors (Lipinski definition) is 3. The van der Waals surface area contributed by atoms with E-state index in [1.165, 1.54) is 8.61 Å². The monoisotopic (exact) mass is 194 g/mol. The van der Waals surface area contributed by atoms with Crippen LogP contribution in [0, 0.1) is 0 Å². The molecule has 0 spiro atoms. The van der Waals surface area contributed by atoms with E-state index in [1.807, 2.05) is 0 Å². The molecule has 12 heavy (non-hydrogen) atoms. The summed E-state index contributed by atoms with van der Waals surface area (Å²) in [5.74, 6) is 0. The Balaban J connectivity index is 2.57. The summed E-state index contributed by atoms with van der Waals surface area (Å²) >= 11 is 0. The van der Waals surface area contributed by atoms with Gasteiger partial charge < -0.3 is 4.74 Å². The average molecular weight is 194 g/mol. The van der Waals surface area contributed by atoms with Crippen LogP contribution in [-0.2, 0) is 14.9 Å². The van der Waals surface area contributed by atoms with Gasteiger partial charge in [0, 0.05) is 33.8 Å². The number of methoxy groups -OCH3 is 1. The number of nitrogens with zero attached hydrogens (tertiary/aromatic N) is 2. The molecule has 6 heteroatoms. The van der Waals surface area contributed by atoms with Gasteiger partial charge in [0.1, 0.15) is 0 Å². The second-order valence-corrected chi connectivity index (χ2v) is 4.76. The SMILES string of the molecule is COCCN1CCN(C)S1(=O)=O. The van der Waals surface area contributed by atoms with Gasteiger partial charge in [-0.25, -0.2) is 0 Å². The molecule has 0 amide bonds. The summed E-state index contributed by atoms with van der Waals surface area (Å²) in [5.41, 5.74) is 0. The molecule has 0 aromatic heterocycles. The van der Waals surface area contributed by atoms with Gasteiger partial charge in [-0.3, -0.25) is 0 Å². The molecule has 0 saturated carbocycles. The fourth-order valence-electron chi connectivity index (χ4n) is 1.10. The van der Waals surface area contributed by atoms with Crippen LogP contribution in [0.4, 0.5) is 0 Å². The quantitative estimate of drug-likeness (QED) is 0.586. The highest BCUT2D eigenvalue weighted by molar-refractivity contribution is 7.87. The van der Waals surface area contributed by atoms with E-state index in [-0.39, 0.29) is 0 Å². The van der Waals surface area contributed by atoms with Crippen molar-refractivity contribution in [3.63, 3.8) is 0 Å². The first-order valence-corrected chi connectivity index (χ1v) is 5.19. The van der Waals surface area contributed by atoms with Gasteiger partial charge in [0.05, 0.1) is 6.61 Å². The Morgan fingerprint density at radius 3 is 2.50 bits per heavy atom. The van der Waals surface area contributed by atoms with Crippen molar-refractivity contribution in [1.82, 2.24) is 8.61 Å². The summed E-state index contributed by atoms with van der Waals surface area (Å²) in [6, 6.07) is 0. The van der Waals surface area contributed by atoms with E-state index in [9.17, 15) is 8.42 Å². The van der Waals surface area contributed by atoms with E-state index < -0.39 is 10.2 Å². The first-order valence-electron chi connectivity index (χ1n) is 3.79. The summed E-state index contributed by atoms with van der Waals surface area (Å²) in [5, 5.41) is 0. The molecular formula is C6H14N2O3S. The van der Waals surface area contributed by atoms with Gasteiger partial charge in [-0.05, 0) is 0 Å². The van der Waals surface area contributed by atoms with Crippen molar-refractivity contribution in [1.29, 1.82) is 0 Å². The molecule has 72 valence electrons. The molecule has 0 atom stereocenters. The Labute approximate surface area is 73.1 Å². The van der Waals surface area contributed by atoms with Crippen LogP contribution >= 0.6 is 0 Å². The van der Waals surface area contributed by atoms with Gasteiger partial charge >= 0.3 is 0 Å². The Bertz CT molecular complexity index is 239. The third kappa shape index (κ3) is 1.77. The van der Waals surface area contributed by atoms with Crippen molar-refractivity contribution in [2.45, 2.75) is 0 Å². The summed E-state index contributed by atoms with van der Waals surface area (Å²) in [6.07, 6.45) is 0. The predicted molar refractivity (Wildman–Crippen MR) is 45.0 cm³/mol. The molecule has 0 aromatic carbocycles. The first kappa shape index (κ1) is 9.91.